The Balaban J connectivity index is 1.91. The van der Waals surface area contributed by atoms with Gasteiger partial charge in [-0.05, 0) is 25.8 Å². The van der Waals surface area contributed by atoms with E-state index in [9.17, 15) is 4.79 Å². The van der Waals surface area contributed by atoms with Gasteiger partial charge in [-0.15, -0.1) is 0 Å². The molecule has 128 valence electrons. The molecule has 7 heteroatoms. The Bertz CT molecular complexity index is 740. The van der Waals surface area contributed by atoms with Crippen molar-refractivity contribution < 1.29 is 4.79 Å². The summed E-state index contributed by atoms with van der Waals surface area (Å²) in [5.74, 6) is 1.69. The molecule has 1 fully saturated rings. The maximum absolute atomic E-state index is 12.4. The quantitative estimate of drug-likeness (QED) is 0.929. The summed E-state index contributed by atoms with van der Waals surface area (Å²) in [6, 6.07) is 1.94. The van der Waals surface area contributed by atoms with Gasteiger partial charge in [0.25, 0.3) is 5.91 Å². The molecule has 2 aromatic rings. The number of nitrogens with one attached hydrogen (secondary N) is 1. The van der Waals surface area contributed by atoms with Gasteiger partial charge in [0.15, 0.2) is 0 Å². The van der Waals surface area contributed by atoms with Crippen molar-refractivity contribution >= 4 is 11.7 Å². The van der Waals surface area contributed by atoms with Crippen LogP contribution in [0.4, 0.5) is 5.82 Å². The van der Waals surface area contributed by atoms with E-state index in [2.05, 4.69) is 32.0 Å². The van der Waals surface area contributed by atoms with Crippen molar-refractivity contribution in [2.45, 2.75) is 32.1 Å². The minimum atomic E-state index is -0.172. The Morgan fingerprint density at radius 3 is 2.92 bits per heavy atom. The van der Waals surface area contributed by atoms with Gasteiger partial charge < -0.3 is 9.80 Å². The molecule has 0 aliphatic carbocycles. The third-order valence-corrected chi connectivity index (χ3v) is 4.66. The molecule has 3 rings (SSSR count). The monoisotopic (exact) mass is 328 g/mol. The molecule has 0 radical (unpaired) electrons. The number of anilines is 1. The number of rotatable bonds is 3. The number of hydrogen-bond acceptors (Lipinski definition) is 5. The molecule has 3 heterocycles. The van der Waals surface area contributed by atoms with Crippen LogP contribution in [0.1, 0.15) is 41.6 Å². The van der Waals surface area contributed by atoms with Crippen LogP contribution < -0.4 is 4.90 Å². The van der Waals surface area contributed by atoms with Gasteiger partial charge in [-0.25, -0.2) is 9.97 Å². The van der Waals surface area contributed by atoms with Gasteiger partial charge in [-0.3, -0.25) is 9.89 Å². The average molecular weight is 328 g/mol. The lowest BCUT2D eigenvalue weighted by Gasteiger charge is -2.41. The van der Waals surface area contributed by atoms with Crippen molar-refractivity contribution in [3.63, 3.8) is 0 Å². The van der Waals surface area contributed by atoms with Crippen LogP contribution in [0.25, 0.3) is 0 Å². The zero-order chi connectivity index (χ0) is 17.3. The molecule has 0 saturated carbocycles. The van der Waals surface area contributed by atoms with E-state index in [1.54, 1.807) is 31.4 Å². The Kier molecular flexibility index (Phi) is 4.26. The van der Waals surface area contributed by atoms with Crippen LogP contribution in [0.15, 0.2) is 18.5 Å². The number of amides is 1. The maximum atomic E-state index is 12.4. The molecule has 0 unspecified atom stereocenters. The van der Waals surface area contributed by atoms with Crippen molar-refractivity contribution in [3.8, 4) is 0 Å². The maximum Gasteiger partial charge on any atom is 0.256 e. The van der Waals surface area contributed by atoms with Crippen LogP contribution >= 0.6 is 0 Å². The van der Waals surface area contributed by atoms with E-state index in [0.717, 1.165) is 43.3 Å². The van der Waals surface area contributed by atoms with Crippen molar-refractivity contribution in [3.05, 3.63) is 35.5 Å². The fraction of sp³-hybridized carbons (Fsp3) is 0.529. The molecule has 1 aliphatic rings. The summed E-state index contributed by atoms with van der Waals surface area (Å²) < 4.78 is 0. The molecule has 0 aromatic carbocycles. The van der Waals surface area contributed by atoms with E-state index in [1.807, 2.05) is 13.0 Å². The third kappa shape index (κ3) is 2.98. The van der Waals surface area contributed by atoms with Crippen LogP contribution in [0.5, 0.6) is 0 Å². The molecule has 0 spiro atoms. The third-order valence-electron chi connectivity index (χ3n) is 4.66. The molecule has 24 heavy (non-hydrogen) atoms. The van der Waals surface area contributed by atoms with Gasteiger partial charge in [0.05, 0.1) is 17.5 Å². The Hall–Kier alpha value is -2.44. The van der Waals surface area contributed by atoms with E-state index in [-0.39, 0.29) is 11.3 Å². The largest absolute Gasteiger partial charge is 0.356 e. The highest BCUT2D eigenvalue weighted by atomic mass is 16.2. The molecule has 1 amide bonds. The fourth-order valence-corrected chi connectivity index (χ4v) is 3.41. The van der Waals surface area contributed by atoms with E-state index < -0.39 is 0 Å². The lowest BCUT2D eigenvalue weighted by atomic mass is 9.77. The molecule has 2 aromatic heterocycles. The summed E-state index contributed by atoms with van der Waals surface area (Å²) >= 11 is 0. The van der Waals surface area contributed by atoms with Crippen LogP contribution in [-0.2, 0) is 5.41 Å². The van der Waals surface area contributed by atoms with E-state index >= 15 is 0 Å². The Labute approximate surface area is 142 Å². The number of carbonyl (C=O) groups is 1. The number of aryl methyl sites for hydroxylation is 1. The highest BCUT2D eigenvalue weighted by Crippen LogP contribution is 2.36. The smallest absolute Gasteiger partial charge is 0.256 e. The first-order valence-corrected chi connectivity index (χ1v) is 8.21. The Morgan fingerprint density at radius 2 is 2.21 bits per heavy atom. The Morgan fingerprint density at radius 1 is 1.42 bits per heavy atom. The SMILES string of the molecule is Cc1nccc(N2CCC[C@](C)(c3[nH]ncc3C(=O)N(C)C)C2)n1. The minimum absolute atomic E-state index is 0.0185. The molecular formula is C17H24N6O. The summed E-state index contributed by atoms with van der Waals surface area (Å²) in [6.45, 7) is 5.83. The number of nitrogens with zero attached hydrogens (tertiary/aromatic N) is 5. The second-order valence-corrected chi connectivity index (χ2v) is 6.91. The highest BCUT2D eigenvalue weighted by Gasteiger charge is 2.37. The van der Waals surface area contributed by atoms with E-state index in [0.29, 0.717) is 5.56 Å². The zero-order valence-electron chi connectivity index (χ0n) is 14.7. The van der Waals surface area contributed by atoms with E-state index in [1.165, 1.54) is 0 Å². The van der Waals surface area contributed by atoms with Gasteiger partial charge in [-0.2, -0.15) is 5.10 Å². The average Bonchev–Trinajstić information content (AvgIpc) is 3.04. The first-order valence-electron chi connectivity index (χ1n) is 8.21. The topological polar surface area (TPSA) is 78.0 Å². The van der Waals surface area contributed by atoms with Gasteiger partial charge in [0.1, 0.15) is 11.6 Å². The first-order chi connectivity index (χ1) is 11.4. The van der Waals surface area contributed by atoms with Crippen LogP contribution in [0.2, 0.25) is 0 Å². The lowest BCUT2D eigenvalue weighted by Crippen LogP contribution is -2.46. The number of carbonyl (C=O) groups excluding carboxylic acids is 1. The second kappa shape index (κ2) is 6.22. The molecule has 0 bridgehead atoms. The van der Waals surface area contributed by atoms with E-state index in [4.69, 9.17) is 0 Å². The molecular weight excluding hydrogens is 304 g/mol. The number of hydrogen-bond donors (Lipinski definition) is 1. The minimum Gasteiger partial charge on any atom is -0.356 e. The molecule has 1 atom stereocenters. The number of aromatic amines is 1. The van der Waals surface area contributed by atoms with Gasteiger partial charge in [0, 0.05) is 38.8 Å². The summed E-state index contributed by atoms with van der Waals surface area (Å²) in [7, 11) is 3.52. The summed E-state index contributed by atoms with van der Waals surface area (Å²) in [5.41, 5.74) is 1.40. The molecule has 1 saturated heterocycles. The van der Waals surface area contributed by atoms with Crippen LogP contribution in [0.3, 0.4) is 0 Å². The lowest BCUT2D eigenvalue weighted by molar-refractivity contribution is 0.0824. The summed E-state index contributed by atoms with van der Waals surface area (Å²) in [4.78, 5) is 25.0. The normalized spacial score (nSPS) is 20.9. The van der Waals surface area contributed by atoms with Gasteiger partial charge in [-0.1, -0.05) is 6.92 Å². The highest BCUT2D eigenvalue weighted by molar-refractivity contribution is 5.95. The van der Waals surface area contributed by atoms with Crippen LogP contribution in [0, 0.1) is 6.92 Å². The van der Waals surface area contributed by atoms with Crippen molar-refractivity contribution in [1.29, 1.82) is 0 Å². The second-order valence-electron chi connectivity index (χ2n) is 6.91. The first kappa shape index (κ1) is 16.4. The van der Waals surface area contributed by atoms with Gasteiger partial charge >= 0.3 is 0 Å². The number of piperidine rings is 1. The van der Waals surface area contributed by atoms with Crippen molar-refractivity contribution in [2.24, 2.45) is 0 Å². The summed E-state index contributed by atoms with van der Waals surface area (Å²) in [6.07, 6.45) is 5.47. The van der Waals surface area contributed by atoms with Crippen molar-refractivity contribution in [2.75, 3.05) is 32.1 Å². The fourth-order valence-electron chi connectivity index (χ4n) is 3.41. The summed E-state index contributed by atoms with van der Waals surface area (Å²) in [5, 5.41) is 7.22. The van der Waals surface area contributed by atoms with Crippen LogP contribution in [-0.4, -0.2) is 58.2 Å². The predicted molar refractivity (Wildman–Crippen MR) is 92.2 cm³/mol. The van der Waals surface area contributed by atoms with Gasteiger partial charge in [0.2, 0.25) is 0 Å². The zero-order valence-corrected chi connectivity index (χ0v) is 14.7. The molecule has 7 nitrogen and oxygen atoms in total. The molecule has 1 aliphatic heterocycles. The standard InChI is InChI=1S/C17H24N6O/c1-12-18-8-6-14(20-12)23-9-5-7-17(2,11-23)15-13(10-19-21-15)16(24)22(3)4/h6,8,10H,5,7,9,11H2,1-4H3,(H,19,21)/t17-/m0/s1. The van der Waals surface area contributed by atoms with Crippen molar-refractivity contribution in [1.82, 2.24) is 25.1 Å². The predicted octanol–water partition coefficient (Wildman–Crippen LogP) is 1.77. The molecule has 1 N–H and O–H groups in total. The number of aromatic nitrogens is 4. The number of H-pyrrole nitrogens is 1.